The number of ketones is 1. The molecule has 1 aromatic heterocycles. The lowest BCUT2D eigenvalue weighted by Crippen LogP contribution is -2.34. The molecule has 0 saturated heterocycles. The zero-order valence-corrected chi connectivity index (χ0v) is 21.8. The maximum Gasteiger partial charge on any atom is 0.307 e. The summed E-state index contributed by atoms with van der Waals surface area (Å²) in [4.78, 5) is 38.7. The summed E-state index contributed by atoms with van der Waals surface area (Å²) in [7, 11) is 0. The van der Waals surface area contributed by atoms with E-state index in [9.17, 15) is 19.5 Å². The molecular weight excluding hydrogens is 494 g/mol. The second kappa shape index (κ2) is 11.6. The molecule has 0 radical (unpaired) electrons. The van der Waals surface area contributed by atoms with E-state index in [1.165, 1.54) is 10.2 Å². The summed E-state index contributed by atoms with van der Waals surface area (Å²) in [6.07, 6.45) is 2.75. The number of benzene rings is 3. The van der Waals surface area contributed by atoms with Crippen molar-refractivity contribution in [3.8, 4) is 5.75 Å². The summed E-state index contributed by atoms with van der Waals surface area (Å²) in [5, 5.41) is 18.7. The van der Waals surface area contributed by atoms with Crippen molar-refractivity contribution in [2.24, 2.45) is 17.8 Å². The average molecular weight is 526 g/mol. The molecule has 5 rings (SSSR count). The Morgan fingerprint density at radius 3 is 2.54 bits per heavy atom. The number of carboxylic acids is 1. The van der Waals surface area contributed by atoms with Gasteiger partial charge in [-0.1, -0.05) is 47.2 Å². The van der Waals surface area contributed by atoms with Crippen molar-refractivity contribution in [2.75, 3.05) is 6.61 Å². The molecule has 1 saturated carbocycles. The molecule has 8 nitrogen and oxygen atoms in total. The molecule has 0 aliphatic heterocycles. The van der Waals surface area contributed by atoms with Crippen LogP contribution < -0.4 is 10.3 Å². The number of Topliss-reactive ketones (excluding diaryl/α,β-unsaturated/α-hetero) is 1. The molecule has 4 aromatic rings. The first-order valence-electron chi connectivity index (χ1n) is 13.3. The van der Waals surface area contributed by atoms with Gasteiger partial charge < -0.3 is 9.84 Å². The third kappa shape index (κ3) is 5.90. The average Bonchev–Trinajstić information content (AvgIpc) is 3.37. The molecule has 0 spiro atoms. The largest absolute Gasteiger partial charge is 0.494 e. The number of hydrogen-bond acceptors (Lipinski definition) is 6. The number of nitrogens with zero attached hydrogens (tertiary/aromatic N) is 3. The molecule has 3 atom stereocenters. The lowest BCUT2D eigenvalue weighted by Gasteiger charge is -2.20. The van der Waals surface area contributed by atoms with Crippen LogP contribution in [0.1, 0.15) is 40.7 Å². The summed E-state index contributed by atoms with van der Waals surface area (Å²) >= 11 is 0. The fourth-order valence-corrected chi connectivity index (χ4v) is 5.53. The van der Waals surface area contributed by atoms with E-state index in [4.69, 9.17) is 4.74 Å². The van der Waals surface area contributed by atoms with Crippen LogP contribution in [-0.2, 0) is 17.8 Å². The van der Waals surface area contributed by atoms with E-state index < -0.39 is 23.7 Å². The van der Waals surface area contributed by atoms with Crippen molar-refractivity contribution in [1.82, 2.24) is 15.0 Å². The summed E-state index contributed by atoms with van der Waals surface area (Å²) in [5.41, 5.74) is 2.85. The number of carbonyl (C=O) groups is 2. The number of aromatic nitrogens is 3. The summed E-state index contributed by atoms with van der Waals surface area (Å²) in [6.45, 7) is 2.55. The summed E-state index contributed by atoms with van der Waals surface area (Å²) in [5.74, 6) is -2.55. The van der Waals surface area contributed by atoms with Gasteiger partial charge in [0, 0.05) is 11.5 Å². The third-order valence-electron chi connectivity index (χ3n) is 7.56. The maximum absolute atomic E-state index is 13.4. The van der Waals surface area contributed by atoms with Crippen LogP contribution in [0.2, 0.25) is 0 Å². The van der Waals surface area contributed by atoms with E-state index in [1.54, 1.807) is 36.4 Å². The molecule has 1 N–H and O–H groups in total. The third-order valence-corrected chi connectivity index (χ3v) is 7.56. The van der Waals surface area contributed by atoms with E-state index >= 15 is 0 Å². The van der Waals surface area contributed by atoms with Crippen LogP contribution in [0.3, 0.4) is 0 Å². The van der Waals surface area contributed by atoms with Crippen molar-refractivity contribution in [2.45, 2.75) is 39.2 Å². The number of aryl methyl sites for hydroxylation is 2. The Morgan fingerprint density at radius 2 is 1.79 bits per heavy atom. The molecule has 1 fully saturated rings. The van der Waals surface area contributed by atoms with Crippen LogP contribution in [-0.4, -0.2) is 38.5 Å². The standard InChI is InChI=1S/C31H31N3O5/c1-20-9-16-27-26(18-20)30(36)34(33-32-27)19-23-12-15-25(28(23)31(37)38)29(35)22-10-13-24(14-11-22)39-17-5-8-21-6-3-2-4-7-21/h2-4,6-7,9-11,13-14,16,18,23,25,28H,5,8,12,15,17,19H2,1H3,(H,37,38)/t23-,25-,28-/m0/s1. The fraction of sp³-hybridized carbons (Fsp3) is 0.323. The Labute approximate surface area is 226 Å². The summed E-state index contributed by atoms with van der Waals surface area (Å²) in [6, 6.07) is 22.5. The van der Waals surface area contributed by atoms with Gasteiger partial charge in [0.15, 0.2) is 5.78 Å². The van der Waals surface area contributed by atoms with Gasteiger partial charge >= 0.3 is 5.97 Å². The maximum atomic E-state index is 13.4. The number of carboxylic acid groups (broad SMARTS) is 1. The van der Waals surface area contributed by atoms with Gasteiger partial charge in [0.2, 0.25) is 0 Å². The molecule has 200 valence electrons. The van der Waals surface area contributed by atoms with Crippen LogP contribution >= 0.6 is 0 Å². The van der Waals surface area contributed by atoms with Crippen LogP contribution in [0.15, 0.2) is 77.6 Å². The van der Waals surface area contributed by atoms with Crippen LogP contribution in [0, 0.1) is 24.7 Å². The van der Waals surface area contributed by atoms with Gasteiger partial charge in [-0.15, -0.1) is 5.10 Å². The number of aliphatic carboxylic acids is 1. The minimum absolute atomic E-state index is 0.103. The van der Waals surface area contributed by atoms with Crippen molar-refractivity contribution in [1.29, 1.82) is 0 Å². The molecule has 1 heterocycles. The molecule has 3 aromatic carbocycles. The Balaban J connectivity index is 1.23. The number of hydrogen-bond donors (Lipinski definition) is 1. The SMILES string of the molecule is Cc1ccc2nnn(C[C@@H]3CC[C@H](C(=O)c4ccc(OCCCc5ccccc5)cc4)[C@H]3C(=O)O)c(=O)c2c1. The van der Waals surface area contributed by atoms with Gasteiger partial charge in [0.05, 0.1) is 24.5 Å². The van der Waals surface area contributed by atoms with Gasteiger partial charge in [-0.2, -0.15) is 0 Å². The normalized spacial score (nSPS) is 18.7. The molecule has 39 heavy (non-hydrogen) atoms. The highest BCUT2D eigenvalue weighted by Crippen LogP contribution is 2.40. The highest BCUT2D eigenvalue weighted by molar-refractivity contribution is 6.00. The second-order valence-electron chi connectivity index (χ2n) is 10.2. The van der Waals surface area contributed by atoms with Gasteiger partial charge in [-0.05, 0) is 80.5 Å². The van der Waals surface area contributed by atoms with Crippen LogP contribution in [0.5, 0.6) is 5.75 Å². The van der Waals surface area contributed by atoms with Crippen molar-refractivity contribution < 1.29 is 19.4 Å². The molecule has 0 bridgehead atoms. The van der Waals surface area contributed by atoms with Crippen molar-refractivity contribution in [3.63, 3.8) is 0 Å². The van der Waals surface area contributed by atoms with E-state index in [0.29, 0.717) is 41.7 Å². The topological polar surface area (TPSA) is 111 Å². The minimum atomic E-state index is -1.04. The van der Waals surface area contributed by atoms with E-state index in [1.807, 2.05) is 31.2 Å². The van der Waals surface area contributed by atoms with Crippen molar-refractivity contribution in [3.05, 3.63) is 99.8 Å². The summed E-state index contributed by atoms with van der Waals surface area (Å²) < 4.78 is 7.06. The number of ether oxygens (including phenoxy) is 1. The second-order valence-corrected chi connectivity index (χ2v) is 10.2. The smallest absolute Gasteiger partial charge is 0.307 e. The van der Waals surface area contributed by atoms with Gasteiger partial charge in [-0.25, -0.2) is 4.68 Å². The molecule has 8 heteroatoms. The first kappa shape index (κ1) is 26.3. The highest BCUT2D eigenvalue weighted by atomic mass is 16.5. The number of rotatable bonds is 10. The lowest BCUT2D eigenvalue weighted by molar-refractivity contribution is -0.144. The quantitative estimate of drug-likeness (QED) is 0.236. The molecule has 1 aliphatic carbocycles. The van der Waals surface area contributed by atoms with Crippen LogP contribution in [0.25, 0.3) is 10.9 Å². The molecule has 0 unspecified atom stereocenters. The monoisotopic (exact) mass is 525 g/mol. The number of carbonyl (C=O) groups excluding carboxylic acids is 1. The predicted molar refractivity (Wildman–Crippen MR) is 147 cm³/mol. The zero-order chi connectivity index (χ0) is 27.4. The zero-order valence-electron chi connectivity index (χ0n) is 21.8. The Bertz CT molecular complexity index is 1530. The Kier molecular flexibility index (Phi) is 7.81. The first-order valence-corrected chi connectivity index (χ1v) is 13.3. The Morgan fingerprint density at radius 1 is 1.03 bits per heavy atom. The van der Waals surface area contributed by atoms with E-state index in [2.05, 4.69) is 22.4 Å². The molecular formula is C31H31N3O5. The highest BCUT2D eigenvalue weighted by Gasteiger charge is 2.45. The minimum Gasteiger partial charge on any atom is -0.494 e. The molecule has 0 amide bonds. The molecule has 1 aliphatic rings. The first-order chi connectivity index (χ1) is 18.9. The van der Waals surface area contributed by atoms with Gasteiger partial charge in [-0.3, -0.25) is 14.4 Å². The van der Waals surface area contributed by atoms with E-state index in [0.717, 1.165) is 18.4 Å². The van der Waals surface area contributed by atoms with E-state index in [-0.39, 0.29) is 17.9 Å². The van der Waals surface area contributed by atoms with Crippen molar-refractivity contribution >= 4 is 22.7 Å². The lowest BCUT2D eigenvalue weighted by atomic mass is 9.84. The van der Waals surface area contributed by atoms with Gasteiger partial charge in [0.1, 0.15) is 11.3 Å². The number of fused-ring (bicyclic) bond motifs is 1. The fourth-order valence-electron chi connectivity index (χ4n) is 5.53. The predicted octanol–water partition coefficient (Wildman–Crippen LogP) is 4.72. The Hall–Kier alpha value is -4.33. The van der Waals surface area contributed by atoms with Gasteiger partial charge in [0.25, 0.3) is 5.56 Å². The van der Waals surface area contributed by atoms with Crippen LogP contribution in [0.4, 0.5) is 0 Å².